The average molecular weight is 447 g/mol. The smallest absolute Gasteiger partial charge is 0.293 e. The molecule has 166 valence electrons. The first-order chi connectivity index (χ1) is 14.7. The second-order valence-corrected chi connectivity index (χ2v) is 9.52. The Morgan fingerprint density at radius 1 is 1.13 bits per heavy atom. The van der Waals surface area contributed by atoms with Crippen molar-refractivity contribution in [3.63, 3.8) is 0 Å². The molecule has 0 aliphatic carbocycles. The van der Waals surface area contributed by atoms with Gasteiger partial charge in [-0.05, 0) is 36.6 Å². The Bertz CT molecular complexity index is 1080. The molecule has 0 aromatic heterocycles. The van der Waals surface area contributed by atoms with Gasteiger partial charge in [0.1, 0.15) is 5.69 Å². The van der Waals surface area contributed by atoms with Crippen LogP contribution in [0.5, 0.6) is 0 Å². The van der Waals surface area contributed by atoms with Gasteiger partial charge in [-0.3, -0.25) is 14.9 Å². The number of benzene rings is 2. The molecule has 1 aliphatic rings. The zero-order valence-corrected chi connectivity index (χ0v) is 18.4. The molecule has 1 amide bonds. The maximum Gasteiger partial charge on any atom is 0.293 e. The van der Waals surface area contributed by atoms with Crippen LogP contribution in [0.15, 0.2) is 47.4 Å². The Morgan fingerprint density at radius 2 is 1.81 bits per heavy atom. The van der Waals surface area contributed by atoms with Crippen LogP contribution in [0.4, 0.5) is 11.4 Å². The van der Waals surface area contributed by atoms with Gasteiger partial charge in [-0.15, -0.1) is 0 Å². The fourth-order valence-corrected chi connectivity index (χ4v) is 5.35. The lowest BCUT2D eigenvalue weighted by molar-refractivity contribution is -0.384. The van der Waals surface area contributed by atoms with Crippen molar-refractivity contribution in [2.45, 2.75) is 30.7 Å². The SMILES string of the molecule is CN(C)c1ccc(C(=O)NCc2ccccc2S(=O)(=O)N2CCCCC2)cc1[N+](=O)[O-]. The number of nitro groups is 1. The van der Waals surface area contributed by atoms with Crippen molar-refractivity contribution < 1.29 is 18.1 Å². The summed E-state index contributed by atoms with van der Waals surface area (Å²) in [6, 6.07) is 10.8. The highest BCUT2D eigenvalue weighted by Gasteiger charge is 2.28. The summed E-state index contributed by atoms with van der Waals surface area (Å²) in [5.41, 5.74) is 0.819. The number of nitrogens with zero attached hydrogens (tertiary/aromatic N) is 3. The number of carbonyl (C=O) groups excluding carboxylic acids is 1. The molecule has 0 bridgehead atoms. The number of nitrogens with one attached hydrogen (secondary N) is 1. The molecular weight excluding hydrogens is 420 g/mol. The molecule has 10 heteroatoms. The summed E-state index contributed by atoms with van der Waals surface area (Å²) >= 11 is 0. The number of carbonyl (C=O) groups is 1. The third-order valence-corrected chi connectivity index (χ3v) is 7.26. The van der Waals surface area contributed by atoms with E-state index in [0.29, 0.717) is 24.3 Å². The fraction of sp³-hybridized carbons (Fsp3) is 0.381. The number of amides is 1. The monoisotopic (exact) mass is 446 g/mol. The van der Waals surface area contributed by atoms with Crippen molar-refractivity contribution >= 4 is 27.3 Å². The largest absolute Gasteiger partial charge is 0.372 e. The fourth-order valence-electron chi connectivity index (χ4n) is 3.61. The molecule has 0 radical (unpaired) electrons. The van der Waals surface area contributed by atoms with Gasteiger partial charge in [0.05, 0.1) is 9.82 Å². The van der Waals surface area contributed by atoms with E-state index in [-0.39, 0.29) is 22.7 Å². The standard InChI is InChI=1S/C21H26N4O5S/c1-23(2)18-11-10-16(14-19(18)25(27)28)21(26)22-15-17-8-4-5-9-20(17)31(29,30)24-12-6-3-7-13-24/h4-5,8-11,14H,3,6-7,12-13,15H2,1-2H3,(H,22,26). The van der Waals surface area contributed by atoms with Gasteiger partial charge in [0.25, 0.3) is 11.6 Å². The molecule has 31 heavy (non-hydrogen) atoms. The molecule has 2 aromatic rings. The molecule has 2 aromatic carbocycles. The highest BCUT2D eigenvalue weighted by Crippen LogP contribution is 2.28. The molecule has 0 atom stereocenters. The van der Waals surface area contributed by atoms with E-state index < -0.39 is 20.9 Å². The number of sulfonamides is 1. The Hall–Kier alpha value is -2.98. The Morgan fingerprint density at radius 3 is 2.45 bits per heavy atom. The number of hydrogen-bond acceptors (Lipinski definition) is 6. The summed E-state index contributed by atoms with van der Waals surface area (Å²) in [6.45, 7) is 0.973. The minimum Gasteiger partial charge on any atom is -0.372 e. The van der Waals surface area contributed by atoms with Gasteiger partial charge in [0.15, 0.2) is 0 Å². The third-order valence-electron chi connectivity index (χ3n) is 5.26. The van der Waals surface area contributed by atoms with Crippen molar-refractivity contribution in [3.05, 3.63) is 63.7 Å². The normalized spacial score (nSPS) is 14.8. The second-order valence-electron chi connectivity index (χ2n) is 7.61. The maximum absolute atomic E-state index is 13.1. The van der Waals surface area contributed by atoms with Gasteiger partial charge >= 0.3 is 0 Å². The van der Waals surface area contributed by atoms with E-state index in [1.54, 1.807) is 43.3 Å². The van der Waals surface area contributed by atoms with E-state index in [4.69, 9.17) is 0 Å². The van der Waals surface area contributed by atoms with E-state index in [2.05, 4.69) is 5.32 Å². The molecule has 1 heterocycles. The molecule has 0 saturated carbocycles. The van der Waals surface area contributed by atoms with E-state index in [0.717, 1.165) is 19.3 Å². The minimum atomic E-state index is -3.65. The summed E-state index contributed by atoms with van der Waals surface area (Å²) in [7, 11) is -0.286. The second kappa shape index (κ2) is 9.44. The Labute approximate surface area is 181 Å². The topological polar surface area (TPSA) is 113 Å². The average Bonchev–Trinajstić information content (AvgIpc) is 2.77. The van der Waals surface area contributed by atoms with Crippen molar-refractivity contribution in [3.8, 4) is 0 Å². The lowest BCUT2D eigenvalue weighted by Gasteiger charge is -2.26. The molecule has 3 rings (SSSR count). The quantitative estimate of drug-likeness (QED) is 0.517. The van der Waals surface area contributed by atoms with Crippen LogP contribution in [0.2, 0.25) is 0 Å². The van der Waals surface area contributed by atoms with Crippen LogP contribution in [0.3, 0.4) is 0 Å². The van der Waals surface area contributed by atoms with Gasteiger partial charge in [0, 0.05) is 45.4 Å². The van der Waals surface area contributed by atoms with Crippen LogP contribution < -0.4 is 10.2 Å². The van der Waals surface area contributed by atoms with E-state index in [1.165, 1.54) is 22.5 Å². The number of rotatable bonds is 7. The first-order valence-electron chi connectivity index (χ1n) is 10.0. The summed E-state index contributed by atoms with van der Waals surface area (Å²) in [6.07, 6.45) is 2.68. The molecule has 1 aliphatic heterocycles. The van der Waals surface area contributed by atoms with E-state index >= 15 is 0 Å². The molecular formula is C21H26N4O5S. The van der Waals surface area contributed by atoms with Gasteiger partial charge in [0.2, 0.25) is 10.0 Å². The van der Waals surface area contributed by atoms with Crippen molar-refractivity contribution in [1.82, 2.24) is 9.62 Å². The van der Waals surface area contributed by atoms with E-state index in [9.17, 15) is 23.3 Å². The number of nitro benzene ring substituents is 1. The van der Waals surface area contributed by atoms with Gasteiger partial charge in [-0.1, -0.05) is 24.6 Å². The predicted octanol–water partition coefficient (Wildman–Crippen LogP) is 2.77. The number of anilines is 1. The molecule has 9 nitrogen and oxygen atoms in total. The maximum atomic E-state index is 13.1. The zero-order chi connectivity index (χ0) is 22.6. The van der Waals surface area contributed by atoms with Gasteiger partial charge in [-0.25, -0.2) is 8.42 Å². The van der Waals surface area contributed by atoms with Crippen molar-refractivity contribution in [1.29, 1.82) is 0 Å². The van der Waals surface area contributed by atoms with Gasteiger partial charge < -0.3 is 10.2 Å². The summed E-state index contributed by atoms with van der Waals surface area (Å²) in [5, 5.41) is 14.0. The molecule has 0 unspecified atom stereocenters. The number of hydrogen-bond donors (Lipinski definition) is 1. The van der Waals surface area contributed by atoms with Crippen LogP contribution in [0.1, 0.15) is 35.2 Å². The van der Waals surface area contributed by atoms with Gasteiger partial charge in [-0.2, -0.15) is 4.31 Å². The minimum absolute atomic E-state index is 0.00862. The third kappa shape index (κ3) is 5.02. The molecule has 1 fully saturated rings. The van der Waals surface area contributed by atoms with Crippen molar-refractivity contribution in [2.24, 2.45) is 0 Å². The lowest BCUT2D eigenvalue weighted by Crippen LogP contribution is -2.36. The van der Waals surface area contributed by atoms with Crippen LogP contribution in [0, 0.1) is 10.1 Å². The highest BCUT2D eigenvalue weighted by molar-refractivity contribution is 7.89. The molecule has 1 N–H and O–H groups in total. The summed E-state index contributed by atoms with van der Waals surface area (Å²) < 4.78 is 27.6. The van der Waals surface area contributed by atoms with Crippen LogP contribution in [0.25, 0.3) is 0 Å². The molecule has 0 spiro atoms. The lowest BCUT2D eigenvalue weighted by atomic mass is 10.1. The molecule has 1 saturated heterocycles. The predicted molar refractivity (Wildman–Crippen MR) is 118 cm³/mol. The summed E-state index contributed by atoms with van der Waals surface area (Å²) in [4.78, 5) is 25.2. The number of piperidine rings is 1. The first-order valence-corrected chi connectivity index (χ1v) is 11.5. The van der Waals surface area contributed by atoms with Crippen LogP contribution >= 0.6 is 0 Å². The van der Waals surface area contributed by atoms with Crippen LogP contribution in [-0.4, -0.2) is 50.7 Å². The summed E-state index contributed by atoms with van der Waals surface area (Å²) in [5.74, 6) is -0.515. The van der Waals surface area contributed by atoms with E-state index in [1.807, 2.05) is 0 Å². The Kier molecular flexibility index (Phi) is 6.91. The first kappa shape index (κ1) is 22.7. The zero-order valence-electron chi connectivity index (χ0n) is 17.6. The van der Waals surface area contributed by atoms with Crippen molar-refractivity contribution in [2.75, 3.05) is 32.1 Å². The van der Waals surface area contributed by atoms with Crippen LogP contribution in [-0.2, 0) is 16.6 Å². The highest BCUT2D eigenvalue weighted by atomic mass is 32.2. The Balaban J connectivity index is 1.80.